The van der Waals surface area contributed by atoms with Crippen LogP contribution in [-0.2, 0) is 15.0 Å². The van der Waals surface area contributed by atoms with Gasteiger partial charge in [-0.2, -0.15) is 17.0 Å². The Kier molecular flexibility index (Phi) is 9.33. The summed E-state index contributed by atoms with van der Waals surface area (Å²) in [7, 11) is 1.77. The summed E-state index contributed by atoms with van der Waals surface area (Å²) in [5, 5.41) is 13.0. The van der Waals surface area contributed by atoms with E-state index in [-0.39, 0.29) is 18.4 Å². The van der Waals surface area contributed by atoms with E-state index >= 15 is 0 Å². The first-order chi connectivity index (χ1) is 10.8. The van der Waals surface area contributed by atoms with Crippen molar-refractivity contribution in [3.8, 4) is 0 Å². The van der Waals surface area contributed by atoms with Crippen molar-refractivity contribution in [2.75, 3.05) is 26.8 Å². The molecule has 0 aliphatic heterocycles. The normalized spacial score (nSPS) is 17.0. The monoisotopic (exact) mass is 383 g/mol. The van der Waals surface area contributed by atoms with Crippen LogP contribution >= 0.6 is 9.24 Å². The number of carbonyl (C=O) groups is 1. The second-order valence-corrected chi connectivity index (χ2v) is 9.46. The van der Waals surface area contributed by atoms with Gasteiger partial charge in [0.1, 0.15) is 0 Å². The number of hydrogen-bond donors (Lipinski definition) is 2. The summed E-state index contributed by atoms with van der Waals surface area (Å²) < 4.78 is 27.7. The molecule has 0 aromatic carbocycles. The van der Waals surface area contributed by atoms with Gasteiger partial charge in [-0.15, -0.1) is 9.24 Å². The van der Waals surface area contributed by atoms with Crippen LogP contribution in [0.3, 0.4) is 0 Å². The largest absolute Gasteiger partial charge is 0.390 e. The van der Waals surface area contributed by atoms with E-state index < -0.39 is 27.9 Å². The van der Waals surface area contributed by atoms with E-state index in [4.69, 9.17) is 0 Å². The highest BCUT2D eigenvalue weighted by atomic mass is 32.2. The van der Waals surface area contributed by atoms with Crippen molar-refractivity contribution >= 4 is 25.4 Å². The Hall–Kier alpha value is -0.270. The van der Waals surface area contributed by atoms with Crippen molar-refractivity contribution in [3.63, 3.8) is 0 Å². The zero-order valence-electron chi connectivity index (χ0n) is 15.9. The molecular formula is C15H34N3O4PS. The van der Waals surface area contributed by atoms with Gasteiger partial charge in [-0.3, -0.25) is 4.79 Å². The highest BCUT2D eigenvalue weighted by Gasteiger charge is 2.35. The number of rotatable bonds is 10. The van der Waals surface area contributed by atoms with Crippen molar-refractivity contribution < 1.29 is 18.3 Å². The molecule has 0 spiro atoms. The summed E-state index contributed by atoms with van der Waals surface area (Å²) in [6.07, 6.45) is 0.293. The second-order valence-electron chi connectivity index (χ2n) is 6.92. The maximum absolute atomic E-state index is 12.6. The minimum Gasteiger partial charge on any atom is -0.390 e. The molecule has 0 aliphatic rings. The van der Waals surface area contributed by atoms with Crippen LogP contribution in [0.1, 0.15) is 41.0 Å². The van der Waals surface area contributed by atoms with E-state index in [0.29, 0.717) is 12.6 Å². The first kappa shape index (κ1) is 23.7. The van der Waals surface area contributed by atoms with Gasteiger partial charge < -0.3 is 10.4 Å². The Bertz CT molecular complexity index is 513. The topological polar surface area (TPSA) is 90.0 Å². The Morgan fingerprint density at radius 1 is 1.29 bits per heavy atom. The molecule has 144 valence electrons. The van der Waals surface area contributed by atoms with Gasteiger partial charge >= 0.3 is 0 Å². The van der Waals surface area contributed by atoms with Crippen LogP contribution in [0.4, 0.5) is 0 Å². The van der Waals surface area contributed by atoms with Gasteiger partial charge in [-0.25, -0.2) is 0 Å². The third-order valence-corrected chi connectivity index (χ3v) is 7.48. The third kappa shape index (κ3) is 6.23. The molecular weight excluding hydrogens is 349 g/mol. The van der Waals surface area contributed by atoms with E-state index in [1.807, 2.05) is 20.8 Å². The van der Waals surface area contributed by atoms with Gasteiger partial charge in [-0.05, 0) is 33.4 Å². The second kappa shape index (κ2) is 9.43. The van der Waals surface area contributed by atoms with E-state index in [9.17, 15) is 18.3 Å². The smallest absolute Gasteiger partial charge is 0.282 e. The highest BCUT2D eigenvalue weighted by molar-refractivity contribution is 7.86. The predicted octanol–water partition coefficient (Wildman–Crippen LogP) is 0.660. The van der Waals surface area contributed by atoms with Crippen molar-refractivity contribution in [3.05, 3.63) is 0 Å². The average Bonchev–Trinajstić information content (AvgIpc) is 2.52. The summed E-state index contributed by atoms with van der Waals surface area (Å²) >= 11 is 0. The SMILES string of the molecule is CCC(C)(C)N(C)S(=O)(=O)N(C)CC(O)[C@H](C)NC(=O)C(C)CP. The molecule has 0 aromatic heterocycles. The Morgan fingerprint density at radius 3 is 2.21 bits per heavy atom. The lowest BCUT2D eigenvalue weighted by Gasteiger charge is -2.37. The van der Waals surface area contributed by atoms with Gasteiger partial charge in [0.2, 0.25) is 5.91 Å². The minimum absolute atomic E-state index is 0.0941. The molecule has 0 saturated carbocycles. The lowest BCUT2D eigenvalue weighted by atomic mass is 10.0. The summed E-state index contributed by atoms with van der Waals surface area (Å²) in [5.74, 6) is -0.339. The molecule has 0 heterocycles. The number of aliphatic hydroxyl groups is 1. The van der Waals surface area contributed by atoms with E-state index in [1.54, 1.807) is 13.8 Å². The van der Waals surface area contributed by atoms with Crippen molar-refractivity contribution in [1.82, 2.24) is 13.9 Å². The molecule has 0 aliphatic carbocycles. The standard InChI is InChI=1S/C15H34N3O4PS/c1-8-15(4,5)18(7)24(21,22)17(6)9-13(19)12(3)16-14(20)11(2)10-23/h11-13,19H,8-10,23H2,1-7H3,(H,16,20)/t11?,12-,13?/m0/s1. The van der Waals surface area contributed by atoms with Crippen LogP contribution in [0.25, 0.3) is 0 Å². The molecule has 0 bridgehead atoms. The molecule has 1 amide bonds. The number of hydrogen-bond acceptors (Lipinski definition) is 4. The molecule has 0 saturated heterocycles. The molecule has 0 radical (unpaired) electrons. The van der Waals surface area contributed by atoms with Crippen LogP contribution in [0.15, 0.2) is 0 Å². The zero-order valence-corrected chi connectivity index (χ0v) is 17.9. The molecule has 0 aromatic rings. The summed E-state index contributed by atoms with van der Waals surface area (Å²) in [6, 6.07) is -0.543. The molecule has 0 rings (SSSR count). The van der Waals surface area contributed by atoms with Gasteiger partial charge in [0.25, 0.3) is 10.2 Å². The first-order valence-electron chi connectivity index (χ1n) is 8.20. The number of carbonyl (C=O) groups excluding carboxylic acids is 1. The maximum atomic E-state index is 12.6. The number of aliphatic hydroxyl groups excluding tert-OH is 1. The van der Waals surface area contributed by atoms with Crippen molar-refractivity contribution in [2.24, 2.45) is 5.92 Å². The number of likely N-dealkylation sites (N-methyl/N-ethyl adjacent to an activating group) is 1. The van der Waals surface area contributed by atoms with E-state index in [1.165, 1.54) is 18.4 Å². The van der Waals surface area contributed by atoms with Crippen LogP contribution < -0.4 is 5.32 Å². The summed E-state index contributed by atoms with van der Waals surface area (Å²) in [5.41, 5.74) is -0.522. The fourth-order valence-corrected chi connectivity index (χ4v) is 3.56. The Morgan fingerprint density at radius 2 is 1.79 bits per heavy atom. The lowest BCUT2D eigenvalue weighted by Crippen LogP contribution is -2.53. The van der Waals surface area contributed by atoms with Crippen LogP contribution in [0.5, 0.6) is 0 Å². The molecule has 3 unspecified atom stereocenters. The number of amides is 1. The molecule has 4 atom stereocenters. The van der Waals surface area contributed by atoms with Crippen molar-refractivity contribution in [1.29, 1.82) is 0 Å². The molecule has 24 heavy (non-hydrogen) atoms. The van der Waals surface area contributed by atoms with Crippen LogP contribution in [-0.4, -0.2) is 72.5 Å². The third-order valence-electron chi connectivity index (χ3n) is 4.65. The molecule has 2 N–H and O–H groups in total. The van der Waals surface area contributed by atoms with Gasteiger partial charge in [-0.1, -0.05) is 13.8 Å². The Labute approximate surface area is 149 Å². The summed E-state index contributed by atoms with van der Waals surface area (Å²) in [6.45, 7) is 8.98. The fraction of sp³-hybridized carbons (Fsp3) is 0.933. The van der Waals surface area contributed by atoms with Gasteiger partial charge in [0.05, 0.1) is 12.1 Å². The fourth-order valence-electron chi connectivity index (χ4n) is 1.83. The lowest BCUT2D eigenvalue weighted by molar-refractivity contribution is -0.125. The first-order valence-corrected chi connectivity index (χ1v) is 10.4. The minimum atomic E-state index is -3.70. The van der Waals surface area contributed by atoms with Crippen LogP contribution in [0.2, 0.25) is 0 Å². The van der Waals surface area contributed by atoms with Gasteiger partial charge in [0, 0.05) is 32.1 Å². The number of nitrogens with one attached hydrogen (secondary N) is 1. The van der Waals surface area contributed by atoms with Gasteiger partial charge in [0.15, 0.2) is 0 Å². The van der Waals surface area contributed by atoms with E-state index in [0.717, 1.165) is 4.31 Å². The van der Waals surface area contributed by atoms with Crippen LogP contribution in [0, 0.1) is 5.92 Å². The van der Waals surface area contributed by atoms with Crippen molar-refractivity contribution in [2.45, 2.75) is 58.7 Å². The molecule has 0 fully saturated rings. The predicted molar refractivity (Wildman–Crippen MR) is 101 cm³/mol. The summed E-state index contributed by atoms with van der Waals surface area (Å²) in [4.78, 5) is 11.9. The highest BCUT2D eigenvalue weighted by Crippen LogP contribution is 2.22. The molecule has 7 nitrogen and oxygen atoms in total. The van der Waals surface area contributed by atoms with E-state index in [2.05, 4.69) is 14.6 Å². The Balaban J connectivity index is 4.91. The quantitative estimate of drug-likeness (QED) is 0.543. The average molecular weight is 383 g/mol. The molecule has 9 heteroatoms. The maximum Gasteiger partial charge on any atom is 0.282 e. The zero-order chi connectivity index (χ0) is 19.3. The number of nitrogens with zero attached hydrogens (tertiary/aromatic N) is 2.